The van der Waals surface area contributed by atoms with Crippen LogP contribution < -0.4 is 10.6 Å². The fourth-order valence-corrected chi connectivity index (χ4v) is 8.28. The molecule has 0 saturated heterocycles. The summed E-state index contributed by atoms with van der Waals surface area (Å²) in [5.74, 6) is 0. The minimum absolute atomic E-state index is 0.0963. The van der Waals surface area contributed by atoms with Crippen molar-refractivity contribution in [1.82, 2.24) is 5.32 Å². The molecule has 2 nitrogen and oxygen atoms in total. The number of allylic oxidation sites excluding steroid dienone is 5. The van der Waals surface area contributed by atoms with E-state index in [0.717, 1.165) is 24.2 Å². The number of fused-ring (bicyclic) bond motifs is 6. The minimum atomic E-state index is 0.0963. The van der Waals surface area contributed by atoms with Gasteiger partial charge in [-0.1, -0.05) is 158 Å². The Morgan fingerprint density at radius 2 is 1.21 bits per heavy atom. The van der Waals surface area contributed by atoms with Crippen molar-refractivity contribution in [1.29, 1.82) is 0 Å². The number of para-hydroxylation sites is 1. The summed E-state index contributed by atoms with van der Waals surface area (Å²) in [5, 5.41) is 18.0. The van der Waals surface area contributed by atoms with E-state index in [-0.39, 0.29) is 6.04 Å². The van der Waals surface area contributed by atoms with Gasteiger partial charge in [-0.25, -0.2) is 0 Å². The SMILES string of the molecule is C1=C(Nc2ccccc2-c2cc3ccccc3c3ccc4ccccc4c23)CCC(C2C=C(c3ccccc3)C=C(c3ccc4ccccc4c3)N2)=C1. The Labute approximate surface area is 310 Å². The van der Waals surface area contributed by atoms with Crippen LogP contribution in [-0.4, -0.2) is 6.04 Å². The number of hydrogen-bond acceptors (Lipinski definition) is 2. The minimum Gasteiger partial charge on any atom is -0.375 e. The van der Waals surface area contributed by atoms with Crippen LogP contribution in [0.3, 0.4) is 0 Å². The summed E-state index contributed by atoms with van der Waals surface area (Å²) in [7, 11) is 0. The average molecular weight is 679 g/mol. The van der Waals surface area contributed by atoms with Crippen molar-refractivity contribution in [2.45, 2.75) is 18.9 Å². The zero-order chi connectivity index (χ0) is 35.1. The second-order valence-corrected chi connectivity index (χ2v) is 14.2. The molecule has 10 rings (SSSR count). The second-order valence-electron chi connectivity index (χ2n) is 14.2. The highest BCUT2D eigenvalue weighted by atomic mass is 14.9. The first-order chi connectivity index (χ1) is 26.2. The highest BCUT2D eigenvalue weighted by Crippen LogP contribution is 2.42. The molecule has 53 heavy (non-hydrogen) atoms. The van der Waals surface area contributed by atoms with Gasteiger partial charge in [-0.15, -0.1) is 0 Å². The van der Waals surface area contributed by atoms with E-state index in [1.807, 2.05) is 0 Å². The van der Waals surface area contributed by atoms with Gasteiger partial charge in [0.05, 0.1) is 6.04 Å². The molecular formula is C51H38N2. The first-order valence-electron chi connectivity index (χ1n) is 18.6. The summed E-state index contributed by atoms with van der Waals surface area (Å²) < 4.78 is 0. The van der Waals surface area contributed by atoms with Crippen molar-refractivity contribution < 1.29 is 0 Å². The van der Waals surface area contributed by atoms with Crippen LogP contribution in [0, 0.1) is 0 Å². The van der Waals surface area contributed by atoms with Gasteiger partial charge in [0.25, 0.3) is 0 Å². The van der Waals surface area contributed by atoms with Crippen LogP contribution in [0.15, 0.2) is 199 Å². The lowest BCUT2D eigenvalue weighted by Crippen LogP contribution is -2.31. The third-order valence-electron chi connectivity index (χ3n) is 11.0. The predicted molar refractivity (Wildman–Crippen MR) is 227 cm³/mol. The van der Waals surface area contributed by atoms with Crippen LogP contribution in [0.2, 0.25) is 0 Å². The average Bonchev–Trinajstić information content (AvgIpc) is 3.23. The summed E-state index contributed by atoms with van der Waals surface area (Å²) in [6.07, 6.45) is 11.2. The molecule has 252 valence electrons. The fraction of sp³-hybridized carbons (Fsp3) is 0.0588. The number of nitrogens with one attached hydrogen (secondary N) is 2. The lowest BCUT2D eigenvalue weighted by molar-refractivity contribution is 0.740. The van der Waals surface area contributed by atoms with E-state index in [1.54, 1.807) is 0 Å². The topological polar surface area (TPSA) is 24.1 Å². The summed E-state index contributed by atoms with van der Waals surface area (Å²) in [6.45, 7) is 0. The van der Waals surface area contributed by atoms with Crippen molar-refractivity contribution in [3.05, 3.63) is 210 Å². The maximum atomic E-state index is 3.91. The van der Waals surface area contributed by atoms with Gasteiger partial charge in [0.2, 0.25) is 0 Å². The molecule has 1 heterocycles. The smallest absolute Gasteiger partial charge is 0.0670 e. The summed E-state index contributed by atoms with van der Waals surface area (Å²) in [4.78, 5) is 0. The van der Waals surface area contributed by atoms with Gasteiger partial charge in [-0.05, 0) is 114 Å². The molecule has 0 saturated carbocycles. The highest BCUT2D eigenvalue weighted by molar-refractivity contribution is 6.23. The van der Waals surface area contributed by atoms with E-state index in [2.05, 4.69) is 199 Å². The molecule has 0 radical (unpaired) electrons. The Balaban J connectivity index is 1.00. The maximum absolute atomic E-state index is 3.91. The van der Waals surface area contributed by atoms with Crippen LogP contribution in [0.25, 0.3) is 65.5 Å². The number of hydrogen-bond donors (Lipinski definition) is 2. The second kappa shape index (κ2) is 13.2. The molecule has 2 heteroatoms. The van der Waals surface area contributed by atoms with E-state index in [9.17, 15) is 0 Å². The van der Waals surface area contributed by atoms with E-state index in [1.165, 1.54) is 82.2 Å². The van der Waals surface area contributed by atoms with Crippen molar-refractivity contribution in [3.8, 4) is 11.1 Å². The van der Waals surface area contributed by atoms with Gasteiger partial charge in [0.1, 0.15) is 0 Å². The normalized spacial score (nSPS) is 15.8. The molecule has 0 amide bonds. The van der Waals surface area contributed by atoms with Gasteiger partial charge in [0.15, 0.2) is 0 Å². The van der Waals surface area contributed by atoms with E-state index in [0.29, 0.717) is 0 Å². The zero-order valence-electron chi connectivity index (χ0n) is 29.4. The van der Waals surface area contributed by atoms with Gasteiger partial charge in [0, 0.05) is 22.6 Å². The first-order valence-corrected chi connectivity index (χ1v) is 18.6. The Morgan fingerprint density at radius 1 is 0.491 bits per heavy atom. The van der Waals surface area contributed by atoms with Gasteiger partial charge in [-0.2, -0.15) is 0 Å². The largest absolute Gasteiger partial charge is 0.375 e. The first kappa shape index (κ1) is 31.1. The zero-order valence-corrected chi connectivity index (χ0v) is 29.4. The van der Waals surface area contributed by atoms with Gasteiger partial charge < -0.3 is 10.6 Å². The number of dihydropyridines is 1. The van der Waals surface area contributed by atoms with Crippen LogP contribution in [-0.2, 0) is 0 Å². The Morgan fingerprint density at radius 3 is 2.06 bits per heavy atom. The molecule has 1 aliphatic carbocycles. The monoisotopic (exact) mass is 678 g/mol. The van der Waals surface area contributed by atoms with Crippen LogP contribution in [0.5, 0.6) is 0 Å². The van der Waals surface area contributed by atoms with Crippen molar-refractivity contribution in [2.75, 3.05) is 5.32 Å². The molecule has 1 atom stereocenters. The lowest BCUT2D eigenvalue weighted by atomic mass is 9.88. The summed E-state index contributed by atoms with van der Waals surface area (Å²) in [6, 6.07) is 59.4. The molecule has 8 aromatic rings. The van der Waals surface area contributed by atoms with E-state index >= 15 is 0 Å². The molecule has 2 N–H and O–H groups in total. The Kier molecular flexibility index (Phi) is 7.73. The molecule has 0 bridgehead atoms. The molecular weight excluding hydrogens is 641 g/mol. The maximum Gasteiger partial charge on any atom is 0.0670 e. The Bertz CT molecular complexity index is 2840. The predicted octanol–water partition coefficient (Wildman–Crippen LogP) is 13.1. The van der Waals surface area contributed by atoms with Crippen LogP contribution >= 0.6 is 0 Å². The molecule has 2 aliphatic rings. The standard InChI is InChI=1S/C51H38N2/c1-2-12-34(13-3-1)41-32-49(53-50(33-41)40-23-22-35-14-4-5-16-38(35)30-40)37-24-27-42(28-25-37)52-48-21-11-10-20-45(48)47-31-39-17-7-8-18-43(39)46-29-26-36-15-6-9-19-44(36)51(46)47/h1-24,26-27,29-33,49,52-53H,25,28H2. The lowest BCUT2D eigenvalue weighted by Gasteiger charge is -2.29. The fourth-order valence-electron chi connectivity index (χ4n) is 8.28. The molecule has 0 fully saturated rings. The third kappa shape index (κ3) is 5.79. The quantitative estimate of drug-likeness (QED) is 0.171. The highest BCUT2D eigenvalue weighted by Gasteiger charge is 2.22. The van der Waals surface area contributed by atoms with E-state index < -0.39 is 0 Å². The molecule has 0 spiro atoms. The number of rotatable bonds is 6. The molecule has 1 unspecified atom stereocenters. The third-order valence-corrected chi connectivity index (χ3v) is 11.0. The Hall–Kier alpha value is -6.64. The van der Waals surface area contributed by atoms with Crippen LogP contribution in [0.4, 0.5) is 5.69 Å². The number of benzene rings is 8. The summed E-state index contributed by atoms with van der Waals surface area (Å²) in [5.41, 5.74) is 11.0. The van der Waals surface area contributed by atoms with Gasteiger partial charge >= 0.3 is 0 Å². The van der Waals surface area contributed by atoms with E-state index in [4.69, 9.17) is 0 Å². The molecule has 1 aliphatic heterocycles. The van der Waals surface area contributed by atoms with Crippen molar-refractivity contribution >= 4 is 60.0 Å². The summed E-state index contributed by atoms with van der Waals surface area (Å²) >= 11 is 0. The van der Waals surface area contributed by atoms with Crippen molar-refractivity contribution in [2.24, 2.45) is 0 Å². The van der Waals surface area contributed by atoms with Crippen molar-refractivity contribution in [3.63, 3.8) is 0 Å². The molecule has 8 aromatic carbocycles. The number of anilines is 1. The molecule has 0 aromatic heterocycles. The van der Waals surface area contributed by atoms with Gasteiger partial charge in [-0.3, -0.25) is 0 Å². The van der Waals surface area contributed by atoms with Crippen LogP contribution in [0.1, 0.15) is 24.0 Å².